The first-order valence-electron chi connectivity index (χ1n) is 6.59. The van der Waals surface area contributed by atoms with Gasteiger partial charge in [0.2, 0.25) is 0 Å². The van der Waals surface area contributed by atoms with Crippen LogP contribution in [0.4, 0.5) is 11.4 Å². The van der Waals surface area contributed by atoms with Crippen LogP contribution < -0.4 is 16.2 Å². The first-order valence-corrected chi connectivity index (χ1v) is 6.59. The Morgan fingerprint density at radius 2 is 1.57 bits per heavy atom. The topological polar surface area (TPSA) is 95.4 Å². The van der Waals surface area contributed by atoms with Crippen molar-refractivity contribution in [3.05, 3.63) is 52.6 Å². The fraction of sp³-hybridized carbons (Fsp3) is 0.125. The van der Waals surface area contributed by atoms with Crippen molar-refractivity contribution in [2.75, 3.05) is 18.1 Å². The third kappa shape index (κ3) is 1.78. The van der Waals surface area contributed by atoms with Crippen molar-refractivity contribution in [2.45, 2.75) is 6.92 Å². The van der Waals surface area contributed by atoms with Gasteiger partial charge in [-0.25, -0.2) is 0 Å². The van der Waals surface area contributed by atoms with Crippen LogP contribution in [0.15, 0.2) is 30.3 Å². The lowest BCUT2D eigenvalue weighted by Crippen LogP contribution is -2.24. The van der Waals surface area contributed by atoms with Gasteiger partial charge in [0.05, 0.1) is 23.4 Å². The molecule has 0 atom stereocenters. The maximum atomic E-state index is 12.6. The number of nitrogen functional groups attached to an aromatic ring is 2. The van der Waals surface area contributed by atoms with Crippen LogP contribution in [0.1, 0.15) is 38.8 Å². The van der Waals surface area contributed by atoms with Crippen molar-refractivity contribution in [1.82, 2.24) is 0 Å². The summed E-state index contributed by atoms with van der Waals surface area (Å²) in [6.45, 7) is 2.19. The molecule has 1 aliphatic rings. The van der Waals surface area contributed by atoms with Crippen LogP contribution in [-0.4, -0.2) is 18.2 Å². The number of carbonyl (C=O) groups is 2. The van der Waals surface area contributed by atoms with E-state index in [0.29, 0.717) is 23.5 Å². The molecule has 0 spiro atoms. The Morgan fingerprint density at radius 3 is 2.14 bits per heavy atom. The van der Waals surface area contributed by atoms with E-state index in [-0.39, 0.29) is 34.1 Å². The fourth-order valence-electron chi connectivity index (χ4n) is 2.60. The van der Waals surface area contributed by atoms with E-state index in [1.54, 1.807) is 31.2 Å². The summed E-state index contributed by atoms with van der Waals surface area (Å²) in [5.74, 6) is -0.257. The SMILES string of the molecule is CCOc1cc(N)c2c(c1N)C(=O)c1ccccc1C2=O. The molecule has 0 aliphatic heterocycles. The molecule has 3 rings (SSSR count). The Kier molecular flexibility index (Phi) is 2.90. The van der Waals surface area contributed by atoms with Gasteiger partial charge in [0.15, 0.2) is 11.6 Å². The predicted octanol–water partition coefficient (Wildman–Crippen LogP) is 2.03. The molecular weight excluding hydrogens is 268 g/mol. The summed E-state index contributed by atoms with van der Waals surface area (Å²) in [6.07, 6.45) is 0. The van der Waals surface area contributed by atoms with E-state index in [1.165, 1.54) is 6.07 Å². The molecular formula is C16H14N2O3. The molecule has 21 heavy (non-hydrogen) atoms. The highest BCUT2D eigenvalue weighted by molar-refractivity contribution is 6.32. The molecule has 5 nitrogen and oxygen atoms in total. The van der Waals surface area contributed by atoms with Gasteiger partial charge in [0.25, 0.3) is 0 Å². The number of benzene rings is 2. The second-order valence-corrected chi connectivity index (χ2v) is 4.76. The molecule has 5 heteroatoms. The Bertz CT molecular complexity index is 781. The minimum absolute atomic E-state index is 0.141. The first kappa shape index (κ1) is 13.2. The highest BCUT2D eigenvalue weighted by Crippen LogP contribution is 2.39. The monoisotopic (exact) mass is 282 g/mol. The van der Waals surface area contributed by atoms with Gasteiger partial charge in [-0.2, -0.15) is 0 Å². The lowest BCUT2D eigenvalue weighted by molar-refractivity contribution is 0.0980. The molecule has 0 saturated carbocycles. The van der Waals surface area contributed by atoms with Crippen LogP contribution in [0.3, 0.4) is 0 Å². The Labute approximate surface area is 121 Å². The standard InChI is InChI=1S/C16H14N2O3/c1-2-21-11-7-10(17)12-13(14(11)18)16(20)9-6-4-3-5-8(9)15(12)19/h3-7H,2,17-18H2,1H3. The van der Waals surface area contributed by atoms with Gasteiger partial charge in [-0.1, -0.05) is 24.3 Å². The molecule has 0 fully saturated rings. The lowest BCUT2D eigenvalue weighted by atomic mass is 9.82. The normalized spacial score (nSPS) is 12.8. The van der Waals surface area contributed by atoms with Crippen LogP contribution in [0.25, 0.3) is 0 Å². The molecule has 0 amide bonds. The van der Waals surface area contributed by atoms with Gasteiger partial charge < -0.3 is 16.2 Å². The maximum absolute atomic E-state index is 12.6. The Balaban J connectivity index is 2.32. The van der Waals surface area contributed by atoms with Crippen LogP contribution in [0, 0.1) is 0 Å². The Morgan fingerprint density at radius 1 is 1.00 bits per heavy atom. The number of hydrogen-bond acceptors (Lipinski definition) is 5. The summed E-state index contributed by atoms with van der Waals surface area (Å²) < 4.78 is 5.39. The van der Waals surface area contributed by atoms with Crippen molar-refractivity contribution >= 4 is 22.9 Å². The second-order valence-electron chi connectivity index (χ2n) is 4.76. The van der Waals surface area contributed by atoms with Gasteiger partial charge in [0, 0.05) is 22.9 Å². The number of hydrogen-bond donors (Lipinski definition) is 2. The summed E-state index contributed by atoms with van der Waals surface area (Å²) in [7, 11) is 0. The number of carbonyl (C=O) groups excluding carboxylic acids is 2. The number of anilines is 2. The summed E-state index contributed by atoms with van der Waals surface area (Å²) in [4.78, 5) is 25.2. The first-order chi connectivity index (χ1) is 10.1. The van der Waals surface area contributed by atoms with Crippen LogP contribution in [0.2, 0.25) is 0 Å². The van der Waals surface area contributed by atoms with Crippen molar-refractivity contribution in [3.63, 3.8) is 0 Å². The van der Waals surface area contributed by atoms with Crippen molar-refractivity contribution in [3.8, 4) is 5.75 Å². The van der Waals surface area contributed by atoms with Gasteiger partial charge in [-0.3, -0.25) is 9.59 Å². The van der Waals surface area contributed by atoms with E-state index in [1.807, 2.05) is 0 Å². The van der Waals surface area contributed by atoms with E-state index in [2.05, 4.69) is 0 Å². The van der Waals surface area contributed by atoms with Crippen LogP contribution >= 0.6 is 0 Å². The van der Waals surface area contributed by atoms with Gasteiger partial charge in [0.1, 0.15) is 5.75 Å². The molecule has 0 unspecified atom stereocenters. The minimum atomic E-state index is -0.300. The highest BCUT2D eigenvalue weighted by atomic mass is 16.5. The van der Waals surface area contributed by atoms with Crippen molar-refractivity contribution in [1.29, 1.82) is 0 Å². The predicted molar refractivity (Wildman–Crippen MR) is 79.7 cm³/mol. The van der Waals surface area contributed by atoms with Gasteiger partial charge in [-0.05, 0) is 6.92 Å². The average Bonchev–Trinajstić information content (AvgIpc) is 2.48. The minimum Gasteiger partial charge on any atom is -0.492 e. The molecule has 106 valence electrons. The number of nitrogens with two attached hydrogens (primary N) is 2. The van der Waals surface area contributed by atoms with Crippen LogP contribution in [0.5, 0.6) is 5.75 Å². The lowest BCUT2D eigenvalue weighted by Gasteiger charge is -2.22. The molecule has 0 heterocycles. The average molecular weight is 282 g/mol. The van der Waals surface area contributed by atoms with Crippen LogP contribution in [-0.2, 0) is 0 Å². The molecule has 0 aromatic heterocycles. The number of rotatable bonds is 2. The molecule has 0 radical (unpaired) electrons. The third-order valence-electron chi connectivity index (χ3n) is 3.53. The van der Waals surface area contributed by atoms with Crippen molar-refractivity contribution < 1.29 is 14.3 Å². The summed E-state index contributed by atoms with van der Waals surface area (Å²) in [6, 6.07) is 8.15. The summed E-state index contributed by atoms with van der Waals surface area (Å²) in [5, 5.41) is 0. The molecule has 4 N–H and O–H groups in total. The maximum Gasteiger partial charge on any atom is 0.196 e. The quantitative estimate of drug-likeness (QED) is 0.701. The molecule has 2 aromatic carbocycles. The van der Waals surface area contributed by atoms with E-state index in [4.69, 9.17) is 16.2 Å². The van der Waals surface area contributed by atoms with Gasteiger partial charge in [-0.15, -0.1) is 0 Å². The van der Waals surface area contributed by atoms with Gasteiger partial charge >= 0.3 is 0 Å². The molecule has 0 bridgehead atoms. The summed E-state index contributed by atoms with van der Waals surface area (Å²) >= 11 is 0. The van der Waals surface area contributed by atoms with E-state index in [9.17, 15) is 9.59 Å². The highest BCUT2D eigenvalue weighted by Gasteiger charge is 2.34. The molecule has 2 aromatic rings. The number of ketones is 2. The van der Waals surface area contributed by atoms with E-state index < -0.39 is 0 Å². The fourth-order valence-corrected chi connectivity index (χ4v) is 2.60. The largest absolute Gasteiger partial charge is 0.492 e. The molecule has 1 aliphatic carbocycles. The zero-order chi connectivity index (χ0) is 15.1. The van der Waals surface area contributed by atoms with E-state index >= 15 is 0 Å². The molecule has 0 saturated heterocycles. The Hall–Kier alpha value is -2.82. The van der Waals surface area contributed by atoms with E-state index in [0.717, 1.165) is 0 Å². The zero-order valence-electron chi connectivity index (χ0n) is 11.5. The smallest absolute Gasteiger partial charge is 0.196 e. The summed E-state index contributed by atoms with van der Waals surface area (Å²) in [5.41, 5.74) is 13.3. The second kappa shape index (κ2) is 4.63. The number of fused-ring (bicyclic) bond motifs is 2. The van der Waals surface area contributed by atoms with Crippen molar-refractivity contribution in [2.24, 2.45) is 0 Å². The third-order valence-corrected chi connectivity index (χ3v) is 3.53. The number of ether oxygens (including phenoxy) is 1. The zero-order valence-corrected chi connectivity index (χ0v) is 11.5.